The van der Waals surface area contributed by atoms with E-state index in [2.05, 4.69) is 96.2 Å². The summed E-state index contributed by atoms with van der Waals surface area (Å²) in [6.45, 7) is 30.0. The number of pyridine rings is 1. The number of ether oxygens (including phenoxy) is 3. The van der Waals surface area contributed by atoms with Crippen molar-refractivity contribution in [3.05, 3.63) is 127 Å². The Kier molecular flexibility index (Phi) is 25.8. The number of β-amino-alcohol motifs (C(OH)–C–C–N with tert-alkyl or cyclic N) is 1. The molecule has 3 fully saturated rings. The SMILES string of the molecule is CCN(C1=C(C)C(CNCc2c(C)cc(C)[nH]c2=O)CC(c2ccc(CN3CCN(CCNCCCCCOCCCOCC(=O)N[C@H](C(=O)N4C[C@H](O)C[C@H]4C(=O)NCc4ccc(-c5scnc5C)cc4)C(C)(C)C)CC3)cc2)=C1)C1CCOCC1. The summed E-state index contributed by atoms with van der Waals surface area (Å²) < 4.78 is 17.3. The second kappa shape index (κ2) is 33.3. The first kappa shape index (κ1) is 67.3. The van der Waals surface area contributed by atoms with Gasteiger partial charge in [0.2, 0.25) is 17.7 Å². The number of rotatable bonds is 31. The lowest BCUT2D eigenvalue weighted by Crippen LogP contribution is -2.58. The maximum Gasteiger partial charge on any atom is 0.252 e. The molecule has 2 aromatic carbocycles. The van der Waals surface area contributed by atoms with Gasteiger partial charge in [-0.3, -0.25) is 29.0 Å². The van der Waals surface area contributed by atoms with Crippen LogP contribution in [0.2, 0.25) is 0 Å². The molecule has 0 spiro atoms. The Morgan fingerprint density at radius 1 is 0.862 bits per heavy atom. The number of likely N-dealkylation sites (tertiary alicyclic amines) is 1. The van der Waals surface area contributed by atoms with Crippen LogP contribution in [0.1, 0.15) is 125 Å². The third-order valence-electron chi connectivity index (χ3n) is 17.7. The van der Waals surface area contributed by atoms with Crippen LogP contribution in [0.3, 0.4) is 0 Å². The lowest BCUT2D eigenvalue weighted by Gasteiger charge is -2.40. The van der Waals surface area contributed by atoms with E-state index in [0.717, 1.165) is 156 Å². The van der Waals surface area contributed by atoms with E-state index < -0.39 is 35.4 Å². The van der Waals surface area contributed by atoms with Crippen LogP contribution in [0, 0.1) is 32.1 Å². The average molecular weight is 1220 g/mol. The van der Waals surface area contributed by atoms with Crippen molar-refractivity contribution in [3.8, 4) is 10.4 Å². The van der Waals surface area contributed by atoms with Gasteiger partial charge in [0.25, 0.3) is 5.56 Å². The fraction of sp³-hybridized carbons (Fsp3) is 0.603. The first-order valence-corrected chi connectivity index (χ1v) is 32.9. The molecule has 1 aliphatic carbocycles. The highest BCUT2D eigenvalue weighted by atomic mass is 32.1. The Hall–Kier alpha value is -5.61. The fourth-order valence-corrected chi connectivity index (χ4v) is 13.4. The third-order valence-corrected chi connectivity index (χ3v) is 18.7. The number of H-pyrrole nitrogens is 1. The summed E-state index contributed by atoms with van der Waals surface area (Å²) in [5.41, 5.74) is 13.6. The second-order valence-corrected chi connectivity index (χ2v) is 26.3. The number of nitrogens with zero attached hydrogens (tertiary/aromatic N) is 5. The molecule has 4 atom stereocenters. The first-order valence-electron chi connectivity index (χ1n) is 32.1. The molecule has 0 saturated carbocycles. The number of carbonyl (C=O) groups is 3. The van der Waals surface area contributed by atoms with Gasteiger partial charge in [-0.05, 0) is 149 Å². The van der Waals surface area contributed by atoms with Gasteiger partial charge in [0.15, 0.2) is 0 Å². The predicted octanol–water partition coefficient (Wildman–Crippen LogP) is 7.50. The second-order valence-electron chi connectivity index (χ2n) is 25.4. The van der Waals surface area contributed by atoms with Crippen molar-refractivity contribution in [2.24, 2.45) is 11.3 Å². The van der Waals surface area contributed by atoms with Crippen molar-refractivity contribution in [1.29, 1.82) is 0 Å². The highest BCUT2D eigenvalue weighted by molar-refractivity contribution is 7.13. The zero-order chi connectivity index (χ0) is 61.9. The zero-order valence-corrected chi connectivity index (χ0v) is 54.1. The predicted molar refractivity (Wildman–Crippen MR) is 346 cm³/mol. The van der Waals surface area contributed by atoms with Crippen LogP contribution in [-0.4, -0.2) is 182 Å². The number of likely N-dealkylation sites (N-methyl/N-ethyl adjacent to an activating group) is 1. The lowest BCUT2D eigenvalue weighted by molar-refractivity contribution is -0.144. The van der Waals surface area contributed by atoms with Crippen LogP contribution in [0.25, 0.3) is 16.0 Å². The van der Waals surface area contributed by atoms with Crippen LogP contribution < -0.4 is 26.8 Å². The number of nitrogens with one attached hydrogen (secondary N) is 5. The highest BCUT2D eigenvalue weighted by Gasteiger charge is 2.44. The van der Waals surface area contributed by atoms with E-state index in [1.165, 1.54) is 32.9 Å². The number of aliphatic hydroxyl groups excluding tert-OH is 1. The van der Waals surface area contributed by atoms with E-state index in [1.807, 2.05) is 71.3 Å². The molecule has 3 amide bonds. The molecule has 0 radical (unpaired) electrons. The largest absolute Gasteiger partial charge is 0.391 e. The van der Waals surface area contributed by atoms with Crippen molar-refractivity contribution >= 4 is 34.6 Å². The number of aryl methyl sites for hydroxylation is 3. The normalized spacial score (nSPS) is 19.3. The van der Waals surface area contributed by atoms with E-state index in [9.17, 15) is 24.3 Å². The first-order chi connectivity index (χ1) is 41.9. The Bertz CT molecular complexity index is 2960. The number of carbonyl (C=O) groups excluding carboxylic acids is 3. The van der Waals surface area contributed by atoms with Gasteiger partial charge in [-0.25, -0.2) is 4.98 Å². The summed E-state index contributed by atoms with van der Waals surface area (Å²) >= 11 is 1.58. The number of unbranched alkanes of at least 4 members (excludes halogenated alkanes) is 2. The van der Waals surface area contributed by atoms with Gasteiger partial charge in [-0.1, -0.05) is 69.3 Å². The minimum atomic E-state index is -0.927. The Morgan fingerprint density at radius 3 is 2.26 bits per heavy atom. The molecule has 476 valence electrons. The molecule has 4 aromatic rings. The van der Waals surface area contributed by atoms with Crippen molar-refractivity contribution in [3.63, 3.8) is 0 Å². The molecule has 3 aliphatic heterocycles. The van der Waals surface area contributed by atoms with Crippen LogP contribution in [0.4, 0.5) is 0 Å². The van der Waals surface area contributed by atoms with E-state index in [0.29, 0.717) is 44.7 Å². The number of aliphatic hydroxyl groups is 1. The van der Waals surface area contributed by atoms with E-state index in [-0.39, 0.29) is 37.6 Å². The minimum Gasteiger partial charge on any atom is -0.391 e. The van der Waals surface area contributed by atoms with Crippen molar-refractivity contribution < 1.29 is 33.7 Å². The molecule has 18 nitrogen and oxygen atoms in total. The molecule has 19 heteroatoms. The quantitative estimate of drug-likeness (QED) is 0.0270. The number of amides is 3. The van der Waals surface area contributed by atoms with E-state index in [1.54, 1.807) is 11.3 Å². The fourth-order valence-electron chi connectivity index (χ4n) is 12.6. The van der Waals surface area contributed by atoms with Crippen LogP contribution in [-0.2, 0) is 48.2 Å². The molecule has 2 aromatic heterocycles. The lowest BCUT2D eigenvalue weighted by atomic mass is 9.82. The van der Waals surface area contributed by atoms with E-state index >= 15 is 0 Å². The summed E-state index contributed by atoms with van der Waals surface area (Å²) in [6.07, 6.45) is 8.59. The Balaban J connectivity index is 0.658. The molecule has 1 unspecified atom stereocenters. The maximum absolute atomic E-state index is 14.0. The number of thiazole rings is 1. The van der Waals surface area contributed by atoms with Crippen LogP contribution >= 0.6 is 11.3 Å². The minimum absolute atomic E-state index is 0.00141. The van der Waals surface area contributed by atoms with Crippen LogP contribution in [0.15, 0.2) is 82.2 Å². The summed E-state index contributed by atoms with van der Waals surface area (Å²) in [4.78, 5) is 71.0. The van der Waals surface area contributed by atoms with Gasteiger partial charge < -0.3 is 55.4 Å². The monoisotopic (exact) mass is 1220 g/mol. The molecule has 5 heterocycles. The molecule has 3 saturated heterocycles. The number of benzene rings is 2. The van der Waals surface area contributed by atoms with Crippen molar-refractivity contribution in [2.75, 3.05) is 105 Å². The number of hydrogen-bond acceptors (Lipinski definition) is 15. The van der Waals surface area contributed by atoms with Crippen LogP contribution in [0.5, 0.6) is 0 Å². The standard InChI is InChI=1S/C68H100N10O8S/c1-9-77(57-22-34-85-35-23-57)60-38-55(37-56(49(60)4)41-70-42-59-47(2)36-48(3)73-65(59)81)53-18-16-52(17-19-53)43-76-29-27-75(28-30-76)26-25-69-24-11-10-12-31-84-32-13-33-86-45-62(80)74-64(68(6,7)8)67(83)78-44-58(79)39-61(78)66(82)71-40-51-14-20-54(21-15-51)63-50(5)72-46-87-63/h14-21,36,38,46,56-58,61,64,69-70,79H,9-13,22-35,37,39-45H2,1-8H3,(H,71,82)(H,73,81)(H,74,80)/t56?,58-,61+,64-/m1/s1. The summed E-state index contributed by atoms with van der Waals surface area (Å²) in [5, 5.41) is 23.7. The molecular formula is C68H100N10O8S. The number of allylic oxidation sites excluding steroid dienone is 2. The van der Waals surface area contributed by atoms with Gasteiger partial charge in [-0.15, -0.1) is 11.3 Å². The van der Waals surface area contributed by atoms with E-state index in [4.69, 9.17) is 14.2 Å². The van der Waals surface area contributed by atoms with Gasteiger partial charge in [0.1, 0.15) is 18.7 Å². The maximum atomic E-state index is 14.0. The summed E-state index contributed by atoms with van der Waals surface area (Å²) in [6, 6.07) is 18.0. The zero-order valence-electron chi connectivity index (χ0n) is 53.3. The Morgan fingerprint density at radius 2 is 1.56 bits per heavy atom. The van der Waals surface area contributed by atoms with Gasteiger partial charge in [-0.2, -0.15) is 0 Å². The third kappa shape index (κ3) is 19.7. The number of hydrogen-bond donors (Lipinski definition) is 6. The highest BCUT2D eigenvalue weighted by Crippen LogP contribution is 2.38. The number of piperazine rings is 1. The number of aromatic nitrogens is 2. The molecule has 8 rings (SSSR count). The smallest absolute Gasteiger partial charge is 0.252 e. The summed E-state index contributed by atoms with van der Waals surface area (Å²) in [5.74, 6) is -0.861. The van der Waals surface area contributed by atoms with Gasteiger partial charge in [0.05, 0.1) is 22.2 Å². The van der Waals surface area contributed by atoms with Gasteiger partial charge >= 0.3 is 0 Å². The molecular weight excluding hydrogens is 1120 g/mol. The summed E-state index contributed by atoms with van der Waals surface area (Å²) in [7, 11) is 0. The van der Waals surface area contributed by atoms with Gasteiger partial charge in [0, 0.05) is 141 Å². The average Bonchev–Trinajstić information content (AvgIpc) is 2.66. The molecule has 0 bridgehead atoms. The van der Waals surface area contributed by atoms with Crippen molar-refractivity contribution in [1.82, 2.24) is 50.8 Å². The Labute approximate surface area is 521 Å². The topological polar surface area (TPSA) is 206 Å². The van der Waals surface area contributed by atoms with Crippen molar-refractivity contribution in [2.45, 2.75) is 151 Å². The molecule has 6 N–H and O–H groups in total. The number of aromatic amines is 1. The molecule has 87 heavy (non-hydrogen) atoms. The molecule has 4 aliphatic rings.